The van der Waals surface area contributed by atoms with Gasteiger partial charge in [-0.1, -0.05) is 27.5 Å². The van der Waals surface area contributed by atoms with Crippen molar-refractivity contribution in [3.63, 3.8) is 0 Å². The maximum absolute atomic E-state index is 12.2. The molecule has 0 radical (unpaired) electrons. The Labute approximate surface area is 138 Å². The summed E-state index contributed by atoms with van der Waals surface area (Å²) in [5, 5.41) is 3.37. The average molecular weight is 420 g/mol. The van der Waals surface area contributed by atoms with E-state index in [1.165, 1.54) is 0 Å². The molecule has 0 aliphatic heterocycles. The van der Waals surface area contributed by atoms with Gasteiger partial charge in [0.15, 0.2) is 0 Å². The lowest BCUT2D eigenvalue weighted by Gasteiger charge is -2.09. The second-order valence-corrected chi connectivity index (χ2v) is 6.14. The van der Waals surface area contributed by atoms with E-state index in [1.807, 2.05) is 6.07 Å². The minimum absolute atomic E-state index is 0.220. The van der Waals surface area contributed by atoms with Gasteiger partial charge >= 0.3 is 0 Å². The van der Waals surface area contributed by atoms with E-state index in [0.717, 1.165) is 4.47 Å². The number of halogens is 3. The Morgan fingerprint density at radius 2 is 1.95 bits per heavy atom. The van der Waals surface area contributed by atoms with E-state index in [-0.39, 0.29) is 5.91 Å². The Morgan fingerprint density at radius 1 is 1.20 bits per heavy atom. The SMILES string of the molecule is COc1cc(Br)cc(NC(=O)c2ccc(Cl)c(Br)c2)c1. The Bertz CT molecular complexity index is 662. The number of hydrogen-bond acceptors (Lipinski definition) is 2. The van der Waals surface area contributed by atoms with Gasteiger partial charge in [-0.2, -0.15) is 0 Å². The topological polar surface area (TPSA) is 38.3 Å². The molecule has 0 heterocycles. The molecule has 2 rings (SSSR count). The Kier molecular flexibility index (Phi) is 5.07. The van der Waals surface area contributed by atoms with E-state index in [9.17, 15) is 4.79 Å². The van der Waals surface area contributed by atoms with Crippen molar-refractivity contribution in [2.45, 2.75) is 0 Å². The molecule has 0 spiro atoms. The molecule has 0 aliphatic rings. The third-order valence-corrected chi connectivity index (χ3v) is 4.22. The van der Waals surface area contributed by atoms with Gasteiger partial charge in [0, 0.05) is 26.3 Å². The predicted octanol–water partition coefficient (Wildman–Crippen LogP) is 5.13. The van der Waals surface area contributed by atoms with Gasteiger partial charge in [0.2, 0.25) is 0 Å². The molecule has 2 aromatic rings. The lowest BCUT2D eigenvalue weighted by atomic mass is 10.2. The Morgan fingerprint density at radius 3 is 2.60 bits per heavy atom. The zero-order valence-corrected chi connectivity index (χ0v) is 14.3. The van der Waals surface area contributed by atoms with Crippen LogP contribution in [0.15, 0.2) is 45.3 Å². The van der Waals surface area contributed by atoms with Crippen LogP contribution >= 0.6 is 43.5 Å². The zero-order chi connectivity index (χ0) is 14.7. The van der Waals surface area contributed by atoms with Crippen LogP contribution < -0.4 is 10.1 Å². The first-order valence-electron chi connectivity index (χ1n) is 5.60. The second kappa shape index (κ2) is 6.61. The molecule has 2 aromatic carbocycles. The highest BCUT2D eigenvalue weighted by atomic mass is 79.9. The van der Waals surface area contributed by atoms with Gasteiger partial charge in [0.25, 0.3) is 5.91 Å². The lowest BCUT2D eigenvalue weighted by molar-refractivity contribution is 0.102. The van der Waals surface area contributed by atoms with Crippen molar-refractivity contribution in [2.24, 2.45) is 0 Å². The van der Waals surface area contributed by atoms with Crippen LogP contribution in [0.2, 0.25) is 5.02 Å². The number of benzene rings is 2. The van der Waals surface area contributed by atoms with E-state index >= 15 is 0 Å². The summed E-state index contributed by atoms with van der Waals surface area (Å²) in [6.07, 6.45) is 0. The number of rotatable bonds is 3. The molecule has 3 nitrogen and oxygen atoms in total. The predicted molar refractivity (Wildman–Crippen MR) is 87.8 cm³/mol. The summed E-state index contributed by atoms with van der Waals surface area (Å²) >= 11 is 12.6. The van der Waals surface area contributed by atoms with Gasteiger partial charge < -0.3 is 10.1 Å². The first-order valence-corrected chi connectivity index (χ1v) is 7.57. The zero-order valence-electron chi connectivity index (χ0n) is 10.4. The normalized spacial score (nSPS) is 10.2. The van der Waals surface area contributed by atoms with Gasteiger partial charge in [0.1, 0.15) is 5.75 Å². The van der Waals surface area contributed by atoms with Crippen LogP contribution in [0.1, 0.15) is 10.4 Å². The van der Waals surface area contributed by atoms with Gasteiger partial charge in [-0.3, -0.25) is 4.79 Å². The van der Waals surface area contributed by atoms with Crippen LogP contribution in [-0.2, 0) is 0 Å². The highest BCUT2D eigenvalue weighted by Crippen LogP contribution is 2.26. The molecular formula is C14H10Br2ClNO2. The average Bonchev–Trinajstić information content (AvgIpc) is 2.41. The molecular weight excluding hydrogens is 409 g/mol. The van der Waals surface area contributed by atoms with Crippen LogP contribution in [0.3, 0.4) is 0 Å². The summed E-state index contributed by atoms with van der Waals surface area (Å²) in [5.41, 5.74) is 1.16. The third-order valence-electron chi connectivity index (χ3n) is 2.55. The van der Waals surface area contributed by atoms with Crippen LogP contribution in [0.5, 0.6) is 5.75 Å². The summed E-state index contributed by atoms with van der Waals surface area (Å²) in [7, 11) is 1.57. The summed E-state index contributed by atoms with van der Waals surface area (Å²) in [5.74, 6) is 0.439. The van der Waals surface area contributed by atoms with Crippen molar-refractivity contribution in [3.05, 3.63) is 55.9 Å². The molecule has 0 unspecified atom stereocenters. The molecule has 0 aliphatic carbocycles. The number of carbonyl (C=O) groups excluding carboxylic acids is 1. The van der Waals surface area contributed by atoms with Gasteiger partial charge in [0.05, 0.1) is 12.1 Å². The van der Waals surface area contributed by atoms with Gasteiger partial charge in [-0.05, 0) is 46.3 Å². The summed E-state index contributed by atoms with van der Waals surface area (Å²) in [4.78, 5) is 12.2. The molecule has 6 heteroatoms. The van der Waals surface area contributed by atoms with Crippen molar-refractivity contribution >= 4 is 55.1 Å². The van der Waals surface area contributed by atoms with Crippen LogP contribution in [0.25, 0.3) is 0 Å². The number of carbonyl (C=O) groups is 1. The van der Waals surface area contributed by atoms with Crippen LogP contribution in [0.4, 0.5) is 5.69 Å². The first-order chi connectivity index (χ1) is 9.49. The first kappa shape index (κ1) is 15.4. The van der Waals surface area contributed by atoms with Crippen molar-refractivity contribution in [2.75, 3.05) is 12.4 Å². The monoisotopic (exact) mass is 417 g/mol. The quantitative estimate of drug-likeness (QED) is 0.749. The fraction of sp³-hybridized carbons (Fsp3) is 0.0714. The summed E-state index contributed by atoms with van der Waals surface area (Å²) in [6, 6.07) is 10.4. The van der Waals surface area contributed by atoms with Crippen LogP contribution in [-0.4, -0.2) is 13.0 Å². The van der Waals surface area contributed by atoms with E-state index in [4.69, 9.17) is 16.3 Å². The van der Waals surface area contributed by atoms with Crippen molar-refractivity contribution in [1.82, 2.24) is 0 Å². The number of methoxy groups -OCH3 is 1. The standard InChI is InChI=1S/C14H10Br2ClNO2/c1-20-11-6-9(15)5-10(7-11)18-14(19)8-2-3-13(17)12(16)4-8/h2-7H,1H3,(H,18,19). The van der Waals surface area contributed by atoms with Crippen LogP contribution in [0, 0.1) is 0 Å². The molecule has 0 atom stereocenters. The number of nitrogens with one attached hydrogen (secondary N) is 1. The number of ether oxygens (including phenoxy) is 1. The molecule has 20 heavy (non-hydrogen) atoms. The second-order valence-electron chi connectivity index (χ2n) is 3.96. The molecule has 0 fully saturated rings. The maximum Gasteiger partial charge on any atom is 0.255 e. The largest absolute Gasteiger partial charge is 0.497 e. The number of hydrogen-bond donors (Lipinski definition) is 1. The number of amides is 1. The minimum atomic E-state index is -0.220. The maximum atomic E-state index is 12.2. The summed E-state index contributed by atoms with van der Waals surface area (Å²) in [6.45, 7) is 0. The Hall–Kier alpha value is -1.04. The molecule has 0 saturated heterocycles. The highest BCUT2D eigenvalue weighted by Gasteiger charge is 2.09. The lowest BCUT2D eigenvalue weighted by Crippen LogP contribution is -2.11. The number of anilines is 1. The van der Waals surface area contributed by atoms with Crippen molar-refractivity contribution in [3.8, 4) is 5.75 Å². The fourth-order valence-electron chi connectivity index (χ4n) is 1.59. The summed E-state index contributed by atoms with van der Waals surface area (Å²) < 4.78 is 6.65. The van der Waals surface area contributed by atoms with Gasteiger partial charge in [-0.15, -0.1) is 0 Å². The molecule has 1 N–H and O–H groups in total. The van der Waals surface area contributed by atoms with E-state index in [0.29, 0.717) is 26.5 Å². The molecule has 1 amide bonds. The minimum Gasteiger partial charge on any atom is -0.497 e. The Balaban J connectivity index is 2.23. The van der Waals surface area contributed by atoms with E-state index in [2.05, 4.69) is 37.2 Å². The molecule has 0 saturated carbocycles. The third kappa shape index (κ3) is 3.75. The molecule has 0 aromatic heterocycles. The molecule has 104 valence electrons. The van der Waals surface area contributed by atoms with E-state index < -0.39 is 0 Å². The fourth-order valence-corrected chi connectivity index (χ4v) is 2.56. The smallest absolute Gasteiger partial charge is 0.255 e. The van der Waals surface area contributed by atoms with Crippen molar-refractivity contribution in [1.29, 1.82) is 0 Å². The van der Waals surface area contributed by atoms with E-state index in [1.54, 1.807) is 37.4 Å². The van der Waals surface area contributed by atoms with Crippen molar-refractivity contribution < 1.29 is 9.53 Å². The highest BCUT2D eigenvalue weighted by molar-refractivity contribution is 9.10. The van der Waals surface area contributed by atoms with Gasteiger partial charge in [-0.25, -0.2) is 0 Å². The molecule has 0 bridgehead atoms.